The minimum Gasteiger partial charge on any atom is -0.306 e. The lowest BCUT2D eigenvalue weighted by Gasteiger charge is -2.18. The summed E-state index contributed by atoms with van der Waals surface area (Å²) in [6.45, 7) is 5.12. The molecule has 0 bridgehead atoms. The molecule has 0 radical (unpaired) electrons. The molecule has 3 nitrogen and oxygen atoms in total. The number of nitrogens with zero attached hydrogens (tertiary/aromatic N) is 2. The molecule has 1 aromatic carbocycles. The zero-order valence-corrected chi connectivity index (χ0v) is 10.2. The molecule has 1 unspecified atom stereocenters. The molecule has 0 saturated heterocycles. The van der Waals surface area contributed by atoms with Crippen LogP contribution in [-0.4, -0.2) is 16.5 Å². The highest BCUT2D eigenvalue weighted by atomic mass is 14.9. The molecular formula is C14H17N3. The summed E-state index contributed by atoms with van der Waals surface area (Å²) in [5.74, 6) is 0. The van der Waals surface area contributed by atoms with Crippen molar-refractivity contribution in [1.29, 1.82) is 0 Å². The SMILES string of the molecule is CCNC(c1cncnc1)c1cccc(C)c1. The fourth-order valence-corrected chi connectivity index (χ4v) is 1.94. The van der Waals surface area contributed by atoms with Crippen LogP contribution in [-0.2, 0) is 0 Å². The van der Waals surface area contributed by atoms with Crippen molar-refractivity contribution in [3.63, 3.8) is 0 Å². The third-order valence-electron chi connectivity index (χ3n) is 2.70. The van der Waals surface area contributed by atoms with Crippen LogP contribution in [0.25, 0.3) is 0 Å². The van der Waals surface area contributed by atoms with Gasteiger partial charge in [0, 0.05) is 18.0 Å². The second-order valence-corrected chi connectivity index (χ2v) is 4.08. The van der Waals surface area contributed by atoms with Crippen molar-refractivity contribution in [1.82, 2.24) is 15.3 Å². The predicted molar refractivity (Wildman–Crippen MR) is 68.7 cm³/mol. The van der Waals surface area contributed by atoms with E-state index < -0.39 is 0 Å². The van der Waals surface area contributed by atoms with E-state index in [0.717, 1.165) is 12.1 Å². The van der Waals surface area contributed by atoms with Crippen LogP contribution >= 0.6 is 0 Å². The van der Waals surface area contributed by atoms with Crippen molar-refractivity contribution in [2.24, 2.45) is 0 Å². The van der Waals surface area contributed by atoms with Crippen molar-refractivity contribution >= 4 is 0 Å². The lowest BCUT2D eigenvalue weighted by atomic mass is 9.99. The van der Waals surface area contributed by atoms with E-state index in [4.69, 9.17) is 0 Å². The first-order valence-electron chi connectivity index (χ1n) is 5.86. The Hall–Kier alpha value is -1.74. The third-order valence-corrected chi connectivity index (χ3v) is 2.70. The molecule has 0 aliphatic heterocycles. The van der Waals surface area contributed by atoms with Crippen LogP contribution < -0.4 is 5.32 Å². The number of aromatic nitrogens is 2. The average Bonchev–Trinajstić information content (AvgIpc) is 2.37. The van der Waals surface area contributed by atoms with E-state index in [1.54, 1.807) is 6.33 Å². The smallest absolute Gasteiger partial charge is 0.115 e. The maximum Gasteiger partial charge on any atom is 0.115 e. The Morgan fingerprint density at radius 1 is 1.18 bits per heavy atom. The first kappa shape index (κ1) is 11.7. The molecule has 1 aromatic heterocycles. The second-order valence-electron chi connectivity index (χ2n) is 4.08. The Morgan fingerprint density at radius 3 is 2.59 bits per heavy atom. The quantitative estimate of drug-likeness (QED) is 0.872. The van der Waals surface area contributed by atoms with E-state index in [9.17, 15) is 0 Å². The maximum atomic E-state index is 4.08. The largest absolute Gasteiger partial charge is 0.306 e. The van der Waals surface area contributed by atoms with Crippen LogP contribution in [0.5, 0.6) is 0 Å². The van der Waals surface area contributed by atoms with Crippen LogP contribution in [0.3, 0.4) is 0 Å². The van der Waals surface area contributed by atoms with Gasteiger partial charge in [0.15, 0.2) is 0 Å². The van der Waals surface area contributed by atoms with E-state index in [-0.39, 0.29) is 6.04 Å². The van der Waals surface area contributed by atoms with Gasteiger partial charge in [-0.2, -0.15) is 0 Å². The molecule has 0 aliphatic rings. The van der Waals surface area contributed by atoms with E-state index in [1.807, 2.05) is 12.4 Å². The molecule has 0 saturated carbocycles. The highest BCUT2D eigenvalue weighted by molar-refractivity contribution is 5.31. The van der Waals surface area contributed by atoms with Gasteiger partial charge in [-0.3, -0.25) is 0 Å². The zero-order valence-electron chi connectivity index (χ0n) is 10.2. The Morgan fingerprint density at radius 2 is 1.94 bits per heavy atom. The number of benzene rings is 1. The Bertz CT molecular complexity index is 468. The van der Waals surface area contributed by atoms with Crippen molar-refractivity contribution in [2.45, 2.75) is 19.9 Å². The van der Waals surface area contributed by atoms with Crippen LogP contribution in [0.1, 0.15) is 29.7 Å². The number of hydrogen-bond donors (Lipinski definition) is 1. The lowest BCUT2D eigenvalue weighted by Crippen LogP contribution is -2.22. The molecule has 88 valence electrons. The van der Waals surface area contributed by atoms with E-state index in [2.05, 4.69) is 53.4 Å². The van der Waals surface area contributed by atoms with Gasteiger partial charge >= 0.3 is 0 Å². The Kier molecular flexibility index (Phi) is 3.83. The van der Waals surface area contributed by atoms with Gasteiger partial charge in [0.25, 0.3) is 0 Å². The standard InChI is InChI=1S/C14H17N3/c1-3-17-14(13-8-15-10-16-9-13)12-6-4-5-11(2)7-12/h4-10,14,17H,3H2,1-2H3. The van der Waals surface area contributed by atoms with Crippen LogP contribution in [0.4, 0.5) is 0 Å². The summed E-state index contributed by atoms with van der Waals surface area (Å²) in [5.41, 5.74) is 3.61. The minimum absolute atomic E-state index is 0.168. The van der Waals surface area contributed by atoms with Gasteiger partial charge in [0.1, 0.15) is 6.33 Å². The average molecular weight is 227 g/mol. The molecule has 2 aromatic rings. The number of hydrogen-bond acceptors (Lipinski definition) is 3. The van der Waals surface area contributed by atoms with Gasteiger partial charge in [-0.15, -0.1) is 0 Å². The van der Waals surface area contributed by atoms with Gasteiger partial charge in [0.05, 0.1) is 6.04 Å². The van der Waals surface area contributed by atoms with Crippen LogP contribution in [0, 0.1) is 6.92 Å². The van der Waals surface area contributed by atoms with Gasteiger partial charge in [-0.25, -0.2) is 9.97 Å². The predicted octanol–water partition coefficient (Wildman–Crippen LogP) is 2.48. The molecule has 0 spiro atoms. The number of rotatable bonds is 4. The summed E-state index contributed by atoms with van der Waals surface area (Å²) in [4.78, 5) is 8.17. The normalized spacial score (nSPS) is 12.4. The summed E-state index contributed by atoms with van der Waals surface area (Å²) in [5, 5.41) is 3.46. The number of aryl methyl sites for hydroxylation is 1. The molecular weight excluding hydrogens is 210 g/mol. The molecule has 1 heterocycles. The molecule has 0 aliphatic carbocycles. The minimum atomic E-state index is 0.168. The van der Waals surface area contributed by atoms with Crippen molar-refractivity contribution in [3.8, 4) is 0 Å². The zero-order chi connectivity index (χ0) is 12.1. The molecule has 1 atom stereocenters. The van der Waals surface area contributed by atoms with E-state index in [1.165, 1.54) is 11.1 Å². The first-order chi connectivity index (χ1) is 8.31. The molecule has 3 heteroatoms. The molecule has 0 fully saturated rings. The topological polar surface area (TPSA) is 37.8 Å². The summed E-state index contributed by atoms with van der Waals surface area (Å²) >= 11 is 0. The fourth-order valence-electron chi connectivity index (χ4n) is 1.94. The molecule has 1 N–H and O–H groups in total. The van der Waals surface area contributed by atoms with Crippen LogP contribution in [0.2, 0.25) is 0 Å². The van der Waals surface area contributed by atoms with Crippen LogP contribution in [0.15, 0.2) is 43.0 Å². The Labute approximate surface area is 102 Å². The van der Waals surface area contributed by atoms with Gasteiger partial charge < -0.3 is 5.32 Å². The highest BCUT2D eigenvalue weighted by Crippen LogP contribution is 2.21. The third kappa shape index (κ3) is 2.88. The van der Waals surface area contributed by atoms with E-state index >= 15 is 0 Å². The molecule has 17 heavy (non-hydrogen) atoms. The van der Waals surface area contributed by atoms with Gasteiger partial charge in [0.2, 0.25) is 0 Å². The molecule has 0 amide bonds. The van der Waals surface area contributed by atoms with Gasteiger partial charge in [-0.1, -0.05) is 36.8 Å². The summed E-state index contributed by atoms with van der Waals surface area (Å²) < 4.78 is 0. The Balaban J connectivity index is 2.35. The van der Waals surface area contributed by atoms with E-state index in [0.29, 0.717) is 0 Å². The van der Waals surface area contributed by atoms with Crippen molar-refractivity contribution in [3.05, 3.63) is 59.7 Å². The lowest BCUT2D eigenvalue weighted by molar-refractivity contribution is 0.625. The monoisotopic (exact) mass is 227 g/mol. The number of nitrogens with one attached hydrogen (secondary N) is 1. The fraction of sp³-hybridized carbons (Fsp3) is 0.286. The summed E-state index contributed by atoms with van der Waals surface area (Å²) in [7, 11) is 0. The van der Waals surface area contributed by atoms with Gasteiger partial charge in [-0.05, 0) is 19.0 Å². The molecule has 2 rings (SSSR count). The summed E-state index contributed by atoms with van der Waals surface area (Å²) in [6.07, 6.45) is 5.29. The van der Waals surface area contributed by atoms with Crippen molar-refractivity contribution in [2.75, 3.05) is 6.54 Å². The summed E-state index contributed by atoms with van der Waals surface area (Å²) in [6, 6.07) is 8.68. The maximum absolute atomic E-state index is 4.08. The second kappa shape index (κ2) is 5.55. The first-order valence-corrected chi connectivity index (χ1v) is 5.86. The van der Waals surface area contributed by atoms with Crippen molar-refractivity contribution < 1.29 is 0 Å². The highest BCUT2D eigenvalue weighted by Gasteiger charge is 2.13.